The Hall–Kier alpha value is -4.25. The largest absolute Gasteiger partial charge is 0.497 e. The van der Waals surface area contributed by atoms with Crippen molar-refractivity contribution >= 4 is 50.7 Å². The Kier molecular flexibility index (Phi) is 11.3. The molecule has 0 heterocycles. The van der Waals surface area contributed by atoms with Gasteiger partial charge in [0.1, 0.15) is 24.1 Å². The van der Waals surface area contributed by atoms with Crippen LogP contribution in [0.3, 0.4) is 0 Å². The third-order valence-corrected chi connectivity index (χ3v) is 9.51. The first kappa shape index (κ1) is 33.6. The molecule has 45 heavy (non-hydrogen) atoms. The van der Waals surface area contributed by atoms with E-state index in [0.29, 0.717) is 21.4 Å². The third-order valence-electron chi connectivity index (χ3n) is 7.15. The molecular formula is C33H33Cl2N3O6S. The predicted molar refractivity (Wildman–Crippen MR) is 176 cm³/mol. The zero-order valence-electron chi connectivity index (χ0n) is 24.9. The summed E-state index contributed by atoms with van der Waals surface area (Å²) in [6, 6.07) is 25.4. The number of sulfonamides is 1. The van der Waals surface area contributed by atoms with E-state index < -0.39 is 34.4 Å². The molecule has 0 saturated carbocycles. The minimum atomic E-state index is -4.33. The third kappa shape index (κ3) is 8.08. The molecular weight excluding hydrogens is 637 g/mol. The maximum atomic E-state index is 14.4. The van der Waals surface area contributed by atoms with Gasteiger partial charge in [0.25, 0.3) is 10.0 Å². The van der Waals surface area contributed by atoms with E-state index in [1.54, 1.807) is 42.5 Å². The monoisotopic (exact) mass is 669 g/mol. The molecule has 1 atom stereocenters. The van der Waals surface area contributed by atoms with E-state index in [0.717, 1.165) is 9.87 Å². The second-order valence-electron chi connectivity index (χ2n) is 9.94. The van der Waals surface area contributed by atoms with Gasteiger partial charge in [-0.1, -0.05) is 71.7 Å². The first-order valence-electron chi connectivity index (χ1n) is 13.9. The van der Waals surface area contributed by atoms with E-state index in [9.17, 15) is 18.0 Å². The van der Waals surface area contributed by atoms with Crippen LogP contribution in [0.15, 0.2) is 102 Å². The van der Waals surface area contributed by atoms with Crippen molar-refractivity contribution in [1.82, 2.24) is 10.2 Å². The smallest absolute Gasteiger partial charge is 0.264 e. The number of rotatable bonds is 13. The minimum absolute atomic E-state index is 0.0681. The van der Waals surface area contributed by atoms with Gasteiger partial charge in [-0.05, 0) is 59.7 Å². The van der Waals surface area contributed by atoms with Crippen LogP contribution in [0.5, 0.6) is 11.5 Å². The average Bonchev–Trinajstić information content (AvgIpc) is 3.06. The SMILES string of the molecule is CNC(=O)C(Cc1ccccc1)N(Cc1ccc(Cl)cc1Cl)C(=O)CN(c1ccccc1OC)S(=O)(=O)c1ccc(OC)cc1. The molecule has 0 bridgehead atoms. The van der Waals surface area contributed by atoms with Crippen molar-refractivity contribution in [2.45, 2.75) is 23.9 Å². The number of carbonyl (C=O) groups excluding carboxylic acids is 2. The molecule has 1 N–H and O–H groups in total. The highest BCUT2D eigenvalue weighted by atomic mass is 35.5. The Morgan fingerprint density at radius 1 is 0.867 bits per heavy atom. The molecule has 236 valence electrons. The number of ether oxygens (including phenoxy) is 2. The highest BCUT2D eigenvalue weighted by Gasteiger charge is 2.35. The molecule has 0 aromatic heterocycles. The molecule has 4 aromatic carbocycles. The number of benzene rings is 4. The van der Waals surface area contributed by atoms with Crippen molar-refractivity contribution in [2.75, 3.05) is 32.1 Å². The summed E-state index contributed by atoms with van der Waals surface area (Å²) >= 11 is 12.6. The number of hydrogen-bond acceptors (Lipinski definition) is 6. The van der Waals surface area contributed by atoms with Crippen molar-refractivity contribution < 1.29 is 27.5 Å². The van der Waals surface area contributed by atoms with Gasteiger partial charge >= 0.3 is 0 Å². The van der Waals surface area contributed by atoms with Crippen LogP contribution in [0, 0.1) is 0 Å². The molecule has 0 saturated heterocycles. The summed E-state index contributed by atoms with van der Waals surface area (Å²) in [7, 11) is 0.0358. The molecule has 9 nitrogen and oxygen atoms in total. The second kappa shape index (κ2) is 15.2. The van der Waals surface area contributed by atoms with Gasteiger partial charge in [-0.15, -0.1) is 0 Å². The van der Waals surface area contributed by atoms with Crippen LogP contribution in [0.2, 0.25) is 10.0 Å². The fourth-order valence-corrected chi connectivity index (χ4v) is 6.67. The number of amides is 2. The zero-order chi connectivity index (χ0) is 32.6. The number of anilines is 1. The van der Waals surface area contributed by atoms with E-state index in [1.165, 1.54) is 50.4 Å². The topological polar surface area (TPSA) is 105 Å². The zero-order valence-corrected chi connectivity index (χ0v) is 27.3. The predicted octanol–water partition coefficient (Wildman–Crippen LogP) is 5.59. The highest BCUT2D eigenvalue weighted by molar-refractivity contribution is 7.92. The van der Waals surface area contributed by atoms with Crippen LogP contribution in [-0.4, -0.2) is 59.0 Å². The van der Waals surface area contributed by atoms with Crippen LogP contribution < -0.4 is 19.1 Å². The van der Waals surface area contributed by atoms with Crippen LogP contribution in [0.25, 0.3) is 0 Å². The molecule has 0 aliphatic carbocycles. The van der Waals surface area contributed by atoms with Crippen LogP contribution >= 0.6 is 23.2 Å². The van der Waals surface area contributed by atoms with Gasteiger partial charge in [-0.3, -0.25) is 13.9 Å². The van der Waals surface area contributed by atoms with Crippen LogP contribution in [0.1, 0.15) is 11.1 Å². The number of hydrogen-bond donors (Lipinski definition) is 1. The molecule has 4 aromatic rings. The Bertz CT molecular complexity index is 1740. The van der Waals surface area contributed by atoms with Crippen LogP contribution in [0.4, 0.5) is 5.69 Å². The van der Waals surface area contributed by atoms with Gasteiger partial charge < -0.3 is 19.7 Å². The number of methoxy groups -OCH3 is 2. The van der Waals surface area contributed by atoms with Crippen molar-refractivity contribution in [3.05, 3.63) is 118 Å². The number of para-hydroxylation sites is 2. The highest BCUT2D eigenvalue weighted by Crippen LogP contribution is 2.33. The molecule has 0 fully saturated rings. The fourth-order valence-electron chi connectivity index (χ4n) is 4.78. The summed E-state index contributed by atoms with van der Waals surface area (Å²) in [4.78, 5) is 29.1. The van der Waals surface area contributed by atoms with E-state index in [4.69, 9.17) is 32.7 Å². The number of halogens is 2. The number of carbonyl (C=O) groups is 2. The van der Waals surface area contributed by atoms with E-state index in [-0.39, 0.29) is 29.3 Å². The van der Waals surface area contributed by atoms with Crippen molar-refractivity contribution in [3.8, 4) is 11.5 Å². The lowest BCUT2D eigenvalue weighted by atomic mass is 10.0. The van der Waals surface area contributed by atoms with E-state index in [1.807, 2.05) is 30.3 Å². The average molecular weight is 671 g/mol. The van der Waals surface area contributed by atoms with Gasteiger partial charge in [0.2, 0.25) is 11.8 Å². The normalized spacial score (nSPS) is 11.8. The lowest BCUT2D eigenvalue weighted by Crippen LogP contribution is -2.53. The molecule has 4 rings (SSSR count). The molecule has 0 spiro atoms. The van der Waals surface area contributed by atoms with Crippen LogP contribution in [-0.2, 0) is 32.6 Å². The molecule has 0 aliphatic rings. The first-order chi connectivity index (χ1) is 21.6. The summed E-state index contributed by atoms with van der Waals surface area (Å²) in [5.74, 6) is -0.372. The second-order valence-corrected chi connectivity index (χ2v) is 12.6. The first-order valence-corrected chi connectivity index (χ1v) is 16.1. The minimum Gasteiger partial charge on any atom is -0.497 e. The Labute approximate surface area is 273 Å². The quantitative estimate of drug-likeness (QED) is 0.199. The van der Waals surface area contributed by atoms with Gasteiger partial charge in [0.05, 0.1) is 24.8 Å². The summed E-state index contributed by atoms with van der Waals surface area (Å²) in [5.41, 5.74) is 1.48. The van der Waals surface area contributed by atoms with Gasteiger partial charge in [0, 0.05) is 30.1 Å². The summed E-state index contributed by atoms with van der Waals surface area (Å²) < 4.78 is 40.1. The fraction of sp³-hybridized carbons (Fsp3) is 0.212. The maximum absolute atomic E-state index is 14.4. The van der Waals surface area contributed by atoms with Crippen molar-refractivity contribution in [2.24, 2.45) is 0 Å². The number of nitrogens with one attached hydrogen (secondary N) is 1. The summed E-state index contributed by atoms with van der Waals surface area (Å²) in [6.45, 7) is -0.746. The van der Waals surface area contributed by atoms with Gasteiger partial charge in [-0.2, -0.15) is 0 Å². The Morgan fingerprint density at radius 2 is 1.53 bits per heavy atom. The Balaban J connectivity index is 1.83. The summed E-state index contributed by atoms with van der Waals surface area (Å²) in [6.07, 6.45) is 0.164. The maximum Gasteiger partial charge on any atom is 0.264 e. The van der Waals surface area contributed by atoms with Gasteiger partial charge in [-0.25, -0.2) is 8.42 Å². The van der Waals surface area contributed by atoms with E-state index in [2.05, 4.69) is 5.32 Å². The Morgan fingerprint density at radius 3 is 2.16 bits per heavy atom. The lowest BCUT2D eigenvalue weighted by Gasteiger charge is -2.34. The van der Waals surface area contributed by atoms with E-state index >= 15 is 0 Å². The number of nitrogens with zero attached hydrogens (tertiary/aromatic N) is 2. The van der Waals surface area contributed by atoms with Gasteiger partial charge in [0.15, 0.2) is 0 Å². The van der Waals surface area contributed by atoms with Crippen molar-refractivity contribution in [3.63, 3.8) is 0 Å². The molecule has 1 unspecified atom stereocenters. The summed E-state index contributed by atoms with van der Waals surface area (Å²) in [5, 5.41) is 3.35. The molecule has 0 aliphatic heterocycles. The van der Waals surface area contributed by atoms with Crippen molar-refractivity contribution in [1.29, 1.82) is 0 Å². The lowest BCUT2D eigenvalue weighted by molar-refractivity contribution is -0.139. The molecule has 2 amide bonds. The molecule has 12 heteroatoms. The molecule has 0 radical (unpaired) electrons. The number of likely N-dealkylation sites (N-methyl/N-ethyl adjacent to an activating group) is 1. The standard InChI is InChI=1S/C33H33Cl2N3O6S/c1-36-33(40)30(19-23-9-5-4-6-10-23)37(21-24-13-14-25(34)20-28(24)35)32(39)22-38(29-11-7-8-12-31(29)44-3)45(41,42)27-17-15-26(43-2)16-18-27/h4-18,20,30H,19,21-22H2,1-3H3,(H,36,40).